The first-order valence-corrected chi connectivity index (χ1v) is 4.44. The van der Waals surface area contributed by atoms with Gasteiger partial charge in [-0.2, -0.15) is 0 Å². The predicted molar refractivity (Wildman–Crippen MR) is 47.5 cm³/mol. The summed E-state index contributed by atoms with van der Waals surface area (Å²) >= 11 is 1.81. The molecule has 1 rings (SSSR count). The molecule has 1 heterocycles. The molecule has 0 amide bonds. The van der Waals surface area contributed by atoms with Crippen LogP contribution in [0.3, 0.4) is 0 Å². The van der Waals surface area contributed by atoms with Gasteiger partial charge in [-0.05, 0) is 26.2 Å². The summed E-state index contributed by atoms with van der Waals surface area (Å²) in [7, 11) is 0. The molecule has 0 radical (unpaired) electrons. The maximum absolute atomic E-state index is 2.31. The van der Waals surface area contributed by atoms with E-state index >= 15 is 0 Å². The van der Waals surface area contributed by atoms with Gasteiger partial charge in [-0.15, -0.1) is 0 Å². The van der Waals surface area contributed by atoms with Gasteiger partial charge in [0, 0.05) is 12.2 Å². The van der Waals surface area contributed by atoms with E-state index in [9.17, 15) is 0 Å². The molecule has 1 nitrogen and oxygen atoms in total. The minimum Gasteiger partial charge on any atom is -0.340 e. The maximum atomic E-state index is 2.31. The zero-order chi connectivity index (χ0) is 7.56. The van der Waals surface area contributed by atoms with Crippen LogP contribution >= 0.6 is 11.8 Å². The first-order valence-electron chi connectivity index (χ1n) is 3.57. The van der Waals surface area contributed by atoms with Crippen LogP contribution in [0.15, 0.2) is 22.2 Å². The molecule has 0 aliphatic carbocycles. The lowest BCUT2D eigenvalue weighted by molar-refractivity contribution is 0.488. The van der Waals surface area contributed by atoms with Gasteiger partial charge in [0.05, 0.1) is 5.03 Å². The molecule has 56 valence electrons. The van der Waals surface area contributed by atoms with Crippen molar-refractivity contribution in [2.45, 2.75) is 20.8 Å². The lowest BCUT2D eigenvalue weighted by atomic mass is 10.4. The molecule has 0 aromatic rings. The molecule has 0 saturated carbocycles. The normalized spacial score (nSPS) is 22.1. The van der Waals surface area contributed by atoms with Crippen molar-refractivity contribution in [3.8, 4) is 0 Å². The maximum Gasteiger partial charge on any atom is 0.0749 e. The van der Waals surface area contributed by atoms with Crippen LogP contribution in [-0.2, 0) is 0 Å². The summed E-state index contributed by atoms with van der Waals surface area (Å²) in [6.07, 6.45) is 2.15. The highest BCUT2D eigenvalue weighted by molar-refractivity contribution is 8.06. The van der Waals surface area contributed by atoms with E-state index in [0.717, 1.165) is 6.54 Å². The van der Waals surface area contributed by atoms with Crippen LogP contribution in [0.25, 0.3) is 0 Å². The molecule has 1 aliphatic rings. The molecule has 0 fully saturated rings. The molecule has 0 spiro atoms. The highest BCUT2D eigenvalue weighted by Gasteiger charge is 2.13. The Morgan fingerprint density at radius 1 is 1.70 bits per heavy atom. The van der Waals surface area contributed by atoms with Crippen LogP contribution in [0, 0.1) is 0 Å². The van der Waals surface area contributed by atoms with E-state index in [2.05, 4.69) is 37.2 Å². The van der Waals surface area contributed by atoms with Crippen molar-refractivity contribution in [3.05, 3.63) is 22.2 Å². The SMILES string of the molecule is CC=C1SC=C(C)N1CC. The second kappa shape index (κ2) is 3.15. The second-order valence-corrected chi connectivity index (χ2v) is 3.14. The van der Waals surface area contributed by atoms with Crippen molar-refractivity contribution in [2.24, 2.45) is 0 Å². The Morgan fingerprint density at radius 2 is 2.40 bits per heavy atom. The Kier molecular flexibility index (Phi) is 2.44. The van der Waals surface area contributed by atoms with Gasteiger partial charge in [-0.25, -0.2) is 0 Å². The molecule has 0 N–H and O–H groups in total. The van der Waals surface area contributed by atoms with Crippen LogP contribution in [0.4, 0.5) is 0 Å². The number of hydrogen-bond donors (Lipinski definition) is 0. The molecular weight excluding hydrogens is 142 g/mol. The van der Waals surface area contributed by atoms with Gasteiger partial charge in [0.25, 0.3) is 0 Å². The van der Waals surface area contributed by atoms with Gasteiger partial charge >= 0.3 is 0 Å². The number of allylic oxidation sites excluding steroid dienone is 2. The second-order valence-electron chi connectivity index (χ2n) is 2.25. The van der Waals surface area contributed by atoms with Gasteiger partial charge in [0.1, 0.15) is 0 Å². The van der Waals surface area contributed by atoms with Crippen molar-refractivity contribution >= 4 is 11.8 Å². The van der Waals surface area contributed by atoms with E-state index in [0.29, 0.717) is 0 Å². The number of thioether (sulfide) groups is 1. The third kappa shape index (κ3) is 1.21. The third-order valence-corrected chi connectivity index (χ3v) is 2.76. The predicted octanol–water partition coefficient (Wildman–Crippen LogP) is 2.78. The van der Waals surface area contributed by atoms with Crippen molar-refractivity contribution in [3.63, 3.8) is 0 Å². The molecule has 0 unspecified atom stereocenters. The zero-order valence-corrected chi connectivity index (χ0v) is 7.53. The molecule has 0 atom stereocenters. The van der Waals surface area contributed by atoms with Crippen LogP contribution in [0.1, 0.15) is 20.8 Å². The topological polar surface area (TPSA) is 3.24 Å². The summed E-state index contributed by atoms with van der Waals surface area (Å²) in [4.78, 5) is 2.31. The largest absolute Gasteiger partial charge is 0.340 e. The van der Waals surface area contributed by atoms with E-state index in [-0.39, 0.29) is 0 Å². The highest BCUT2D eigenvalue weighted by Crippen LogP contribution is 2.33. The average Bonchev–Trinajstić information content (AvgIpc) is 2.30. The monoisotopic (exact) mass is 155 g/mol. The summed E-state index contributed by atoms with van der Waals surface area (Å²) < 4.78 is 0. The Labute approximate surface area is 66.8 Å². The minimum absolute atomic E-state index is 1.08. The first kappa shape index (κ1) is 7.73. The molecule has 2 heteroatoms. The Morgan fingerprint density at radius 3 is 2.80 bits per heavy atom. The molecular formula is C8H13NS. The fourth-order valence-electron chi connectivity index (χ4n) is 1.08. The lowest BCUT2D eigenvalue weighted by Crippen LogP contribution is -2.14. The summed E-state index contributed by atoms with van der Waals surface area (Å²) in [6.45, 7) is 7.48. The standard InChI is InChI=1S/C8H13NS/c1-4-8-9(5-2)7(3)6-10-8/h4,6H,5H2,1-3H3. The fraction of sp³-hybridized carbons (Fsp3) is 0.500. The quantitative estimate of drug-likeness (QED) is 0.573. The number of nitrogens with zero attached hydrogens (tertiary/aromatic N) is 1. The highest BCUT2D eigenvalue weighted by atomic mass is 32.2. The third-order valence-electron chi connectivity index (χ3n) is 1.61. The van der Waals surface area contributed by atoms with Crippen LogP contribution in [0.5, 0.6) is 0 Å². The molecule has 10 heavy (non-hydrogen) atoms. The van der Waals surface area contributed by atoms with Crippen LogP contribution in [-0.4, -0.2) is 11.4 Å². The van der Waals surface area contributed by atoms with E-state index in [1.165, 1.54) is 10.7 Å². The Bertz CT molecular complexity index is 182. The van der Waals surface area contributed by atoms with Gasteiger partial charge in [-0.3, -0.25) is 0 Å². The number of hydrogen-bond acceptors (Lipinski definition) is 2. The van der Waals surface area contributed by atoms with Crippen LogP contribution in [0.2, 0.25) is 0 Å². The molecule has 0 bridgehead atoms. The van der Waals surface area contributed by atoms with E-state index in [1.54, 1.807) is 0 Å². The smallest absolute Gasteiger partial charge is 0.0749 e. The average molecular weight is 155 g/mol. The summed E-state index contributed by atoms with van der Waals surface area (Å²) in [5.41, 5.74) is 1.36. The van der Waals surface area contributed by atoms with Crippen molar-refractivity contribution < 1.29 is 0 Å². The summed E-state index contributed by atoms with van der Waals surface area (Å²) in [6, 6.07) is 0. The lowest BCUT2D eigenvalue weighted by Gasteiger charge is -2.18. The van der Waals surface area contributed by atoms with Crippen molar-refractivity contribution in [1.82, 2.24) is 4.90 Å². The minimum atomic E-state index is 1.08. The van der Waals surface area contributed by atoms with Gasteiger partial charge in [0.15, 0.2) is 0 Å². The van der Waals surface area contributed by atoms with Gasteiger partial charge in [0.2, 0.25) is 0 Å². The molecule has 1 aliphatic heterocycles. The fourth-order valence-corrected chi connectivity index (χ4v) is 2.03. The van der Waals surface area contributed by atoms with Crippen molar-refractivity contribution in [1.29, 1.82) is 0 Å². The Balaban J connectivity index is 2.73. The van der Waals surface area contributed by atoms with Crippen molar-refractivity contribution in [2.75, 3.05) is 6.54 Å². The van der Waals surface area contributed by atoms with Crippen LogP contribution < -0.4 is 0 Å². The van der Waals surface area contributed by atoms with E-state index in [1.807, 2.05) is 11.8 Å². The molecule has 0 saturated heterocycles. The number of rotatable bonds is 1. The molecule has 0 aromatic heterocycles. The van der Waals surface area contributed by atoms with E-state index in [4.69, 9.17) is 0 Å². The van der Waals surface area contributed by atoms with Gasteiger partial charge in [-0.1, -0.05) is 17.8 Å². The zero-order valence-electron chi connectivity index (χ0n) is 6.72. The summed E-state index contributed by atoms with van der Waals surface area (Å²) in [5.74, 6) is 0. The van der Waals surface area contributed by atoms with E-state index < -0.39 is 0 Å². The molecule has 0 aromatic carbocycles. The Hall–Kier alpha value is -0.370. The first-order chi connectivity index (χ1) is 4.79. The summed E-state index contributed by atoms with van der Waals surface area (Å²) in [5, 5.41) is 3.55. The van der Waals surface area contributed by atoms with Gasteiger partial charge < -0.3 is 4.90 Å².